The molecule has 1 aliphatic heterocycles. The number of nitrogens with zero attached hydrogens (tertiary/aromatic N) is 2. The zero-order chi connectivity index (χ0) is 20.1. The molecule has 2 aromatic rings. The van der Waals surface area contributed by atoms with Gasteiger partial charge in [0.15, 0.2) is 0 Å². The largest absolute Gasteiger partial charge is 0.343 e. The van der Waals surface area contributed by atoms with Crippen molar-refractivity contribution in [3.05, 3.63) is 71.0 Å². The molecule has 0 bridgehead atoms. The second-order valence-corrected chi connectivity index (χ2v) is 7.24. The van der Waals surface area contributed by atoms with Crippen LogP contribution in [0.4, 0.5) is 4.39 Å². The van der Waals surface area contributed by atoms with Crippen LogP contribution in [0.25, 0.3) is 0 Å². The maximum atomic E-state index is 13.5. The molecule has 1 unspecified atom stereocenters. The molecule has 0 saturated heterocycles. The normalized spacial score (nSPS) is 14.1. The summed E-state index contributed by atoms with van der Waals surface area (Å²) >= 11 is 0. The topological polar surface area (TPSA) is 40.6 Å². The van der Waals surface area contributed by atoms with Gasteiger partial charge in [-0.05, 0) is 42.2 Å². The van der Waals surface area contributed by atoms with Crippen LogP contribution in [-0.4, -0.2) is 34.7 Å². The maximum absolute atomic E-state index is 13.5. The zero-order valence-electron chi connectivity index (χ0n) is 16.5. The quantitative estimate of drug-likeness (QED) is 0.671. The zero-order valence-corrected chi connectivity index (χ0v) is 16.5. The molecule has 0 saturated carbocycles. The number of fused-ring (bicyclic) bond motifs is 1. The third-order valence-electron chi connectivity index (χ3n) is 5.19. The lowest BCUT2D eigenvalue weighted by molar-refractivity contribution is -0.132. The molecule has 1 heterocycles. The number of amides is 2. The summed E-state index contributed by atoms with van der Waals surface area (Å²) in [7, 11) is 0. The van der Waals surface area contributed by atoms with E-state index in [0.717, 1.165) is 24.0 Å². The second-order valence-electron chi connectivity index (χ2n) is 7.24. The van der Waals surface area contributed by atoms with E-state index in [4.69, 9.17) is 0 Å². The van der Waals surface area contributed by atoms with E-state index in [1.54, 1.807) is 17.0 Å². The first kappa shape index (κ1) is 20.1. The van der Waals surface area contributed by atoms with Gasteiger partial charge >= 0.3 is 0 Å². The van der Waals surface area contributed by atoms with Gasteiger partial charge in [-0.15, -0.1) is 0 Å². The molecule has 5 heteroatoms. The van der Waals surface area contributed by atoms with Crippen molar-refractivity contribution in [3.63, 3.8) is 0 Å². The molecule has 0 aromatic heterocycles. The molecule has 0 fully saturated rings. The number of carbonyl (C=O) groups excluding carboxylic acids is 2. The van der Waals surface area contributed by atoms with E-state index in [1.165, 1.54) is 12.1 Å². The van der Waals surface area contributed by atoms with E-state index >= 15 is 0 Å². The van der Waals surface area contributed by atoms with Crippen LogP contribution in [0.15, 0.2) is 48.5 Å². The van der Waals surface area contributed by atoms with E-state index < -0.39 is 6.04 Å². The Labute approximate surface area is 166 Å². The van der Waals surface area contributed by atoms with Crippen molar-refractivity contribution in [1.29, 1.82) is 0 Å². The SMILES string of the molecule is CCCN(CCC)C(=O)CC(c1ccc(F)cc1)N1Cc2ccccc2C1=O. The minimum atomic E-state index is -0.413. The fourth-order valence-corrected chi connectivity index (χ4v) is 3.82. The third-order valence-corrected chi connectivity index (χ3v) is 5.19. The van der Waals surface area contributed by atoms with E-state index in [2.05, 4.69) is 0 Å². The predicted molar refractivity (Wildman–Crippen MR) is 107 cm³/mol. The first-order valence-corrected chi connectivity index (χ1v) is 9.97. The van der Waals surface area contributed by atoms with E-state index in [1.807, 2.05) is 43.0 Å². The standard InChI is InChI=1S/C23H27FN2O2/c1-3-13-25(14-4-2)22(27)15-21(17-9-11-19(24)12-10-17)26-16-18-7-5-6-8-20(18)23(26)28/h5-12,21H,3-4,13-16H2,1-2H3. The molecule has 1 atom stereocenters. The van der Waals surface area contributed by atoms with Crippen LogP contribution < -0.4 is 0 Å². The molecular formula is C23H27FN2O2. The first-order valence-electron chi connectivity index (χ1n) is 9.97. The van der Waals surface area contributed by atoms with Gasteiger partial charge in [0.25, 0.3) is 5.91 Å². The highest BCUT2D eigenvalue weighted by molar-refractivity contribution is 5.98. The Morgan fingerprint density at radius 3 is 2.32 bits per heavy atom. The van der Waals surface area contributed by atoms with Gasteiger partial charge in [0.1, 0.15) is 5.82 Å². The van der Waals surface area contributed by atoms with Crippen LogP contribution in [0.5, 0.6) is 0 Å². The Morgan fingerprint density at radius 2 is 1.71 bits per heavy atom. The van der Waals surface area contributed by atoms with Gasteiger partial charge in [0.2, 0.25) is 5.91 Å². The van der Waals surface area contributed by atoms with Crippen LogP contribution >= 0.6 is 0 Å². The fourth-order valence-electron chi connectivity index (χ4n) is 3.82. The van der Waals surface area contributed by atoms with Crippen molar-refractivity contribution >= 4 is 11.8 Å². The lowest BCUT2D eigenvalue weighted by Gasteiger charge is -2.30. The van der Waals surface area contributed by atoms with Crippen molar-refractivity contribution < 1.29 is 14.0 Å². The number of benzene rings is 2. The summed E-state index contributed by atoms with van der Waals surface area (Å²) in [5, 5.41) is 0. The first-order chi connectivity index (χ1) is 13.5. The Hall–Kier alpha value is -2.69. The van der Waals surface area contributed by atoms with Crippen molar-refractivity contribution in [3.8, 4) is 0 Å². The highest BCUT2D eigenvalue weighted by Crippen LogP contribution is 2.34. The number of halogens is 1. The third kappa shape index (κ3) is 4.24. The molecule has 2 aromatic carbocycles. The number of carbonyl (C=O) groups is 2. The Kier molecular flexibility index (Phi) is 6.45. The van der Waals surface area contributed by atoms with Crippen LogP contribution in [-0.2, 0) is 11.3 Å². The summed E-state index contributed by atoms with van der Waals surface area (Å²) in [6.45, 7) is 5.97. The highest BCUT2D eigenvalue weighted by atomic mass is 19.1. The Bertz CT molecular complexity index is 829. The van der Waals surface area contributed by atoms with Gasteiger partial charge in [-0.25, -0.2) is 4.39 Å². The number of hydrogen-bond acceptors (Lipinski definition) is 2. The van der Waals surface area contributed by atoms with E-state index in [0.29, 0.717) is 25.2 Å². The van der Waals surface area contributed by atoms with Crippen molar-refractivity contribution in [2.75, 3.05) is 13.1 Å². The summed E-state index contributed by atoms with van der Waals surface area (Å²) in [5.74, 6) is -0.375. The molecule has 4 nitrogen and oxygen atoms in total. The molecule has 0 N–H and O–H groups in total. The molecule has 28 heavy (non-hydrogen) atoms. The van der Waals surface area contributed by atoms with E-state index in [9.17, 15) is 14.0 Å². The van der Waals surface area contributed by atoms with Gasteiger partial charge in [0.05, 0.1) is 12.5 Å². The average molecular weight is 382 g/mol. The predicted octanol–water partition coefficient (Wildman–Crippen LogP) is 4.56. The second kappa shape index (κ2) is 9.00. The van der Waals surface area contributed by atoms with Crippen molar-refractivity contribution in [1.82, 2.24) is 9.80 Å². The van der Waals surface area contributed by atoms with Gasteiger partial charge in [-0.3, -0.25) is 9.59 Å². The molecule has 3 rings (SSSR count). The number of rotatable bonds is 8. The lowest BCUT2D eigenvalue weighted by atomic mass is 10.0. The maximum Gasteiger partial charge on any atom is 0.255 e. The van der Waals surface area contributed by atoms with Crippen molar-refractivity contribution in [2.24, 2.45) is 0 Å². The molecule has 0 radical (unpaired) electrons. The van der Waals surface area contributed by atoms with Crippen LogP contribution in [0, 0.1) is 5.82 Å². The lowest BCUT2D eigenvalue weighted by Crippen LogP contribution is -2.37. The molecular weight excluding hydrogens is 355 g/mol. The van der Waals surface area contributed by atoms with Crippen molar-refractivity contribution in [2.45, 2.75) is 45.7 Å². The van der Waals surface area contributed by atoms with Crippen LogP contribution in [0.3, 0.4) is 0 Å². The summed E-state index contributed by atoms with van der Waals surface area (Å²) in [4.78, 5) is 29.6. The highest BCUT2D eigenvalue weighted by Gasteiger charge is 2.35. The molecule has 0 aliphatic carbocycles. The van der Waals surface area contributed by atoms with Gasteiger partial charge in [-0.1, -0.05) is 44.2 Å². The van der Waals surface area contributed by atoms with Crippen LogP contribution in [0.1, 0.15) is 60.6 Å². The van der Waals surface area contributed by atoms with Gasteiger partial charge in [0, 0.05) is 25.2 Å². The Balaban J connectivity index is 1.89. The minimum absolute atomic E-state index is 0.0294. The Morgan fingerprint density at radius 1 is 1.07 bits per heavy atom. The molecule has 148 valence electrons. The fraction of sp³-hybridized carbons (Fsp3) is 0.391. The smallest absolute Gasteiger partial charge is 0.255 e. The summed E-state index contributed by atoms with van der Waals surface area (Å²) in [5.41, 5.74) is 2.43. The molecule has 0 spiro atoms. The average Bonchev–Trinajstić information content (AvgIpc) is 3.03. The minimum Gasteiger partial charge on any atom is -0.343 e. The van der Waals surface area contributed by atoms with Gasteiger partial charge < -0.3 is 9.80 Å². The van der Waals surface area contributed by atoms with Crippen LogP contribution in [0.2, 0.25) is 0 Å². The summed E-state index contributed by atoms with van der Waals surface area (Å²) < 4.78 is 13.5. The summed E-state index contributed by atoms with van der Waals surface area (Å²) in [6.07, 6.45) is 1.98. The van der Waals surface area contributed by atoms with Gasteiger partial charge in [-0.2, -0.15) is 0 Å². The van der Waals surface area contributed by atoms with E-state index in [-0.39, 0.29) is 24.1 Å². The monoisotopic (exact) mass is 382 g/mol. The molecule has 1 aliphatic rings. The number of hydrogen-bond donors (Lipinski definition) is 0. The summed E-state index contributed by atoms with van der Waals surface area (Å²) in [6, 6.07) is 13.2. The molecule has 2 amide bonds.